The third-order valence-corrected chi connectivity index (χ3v) is 4.72. The van der Waals surface area contributed by atoms with Crippen LogP contribution in [-0.2, 0) is 4.79 Å². The second-order valence-corrected chi connectivity index (χ2v) is 6.93. The number of nitrogens with zero attached hydrogens (tertiary/aromatic N) is 2. The van der Waals surface area contributed by atoms with Crippen molar-refractivity contribution in [2.75, 3.05) is 33.7 Å². The molecule has 0 aliphatic carbocycles. The second-order valence-electron chi connectivity index (χ2n) is 6.53. The fraction of sp³-hybridized carbons (Fsp3) is 0.562. The number of amides is 1. The van der Waals surface area contributed by atoms with E-state index in [0.717, 1.165) is 6.42 Å². The third-order valence-electron chi connectivity index (χ3n) is 4.39. The Morgan fingerprint density at radius 1 is 1.46 bits per heavy atom. The van der Waals surface area contributed by atoms with Gasteiger partial charge in [0.2, 0.25) is 5.91 Å². The molecule has 2 unspecified atom stereocenters. The van der Waals surface area contributed by atoms with Gasteiger partial charge in [0.05, 0.1) is 0 Å². The molecule has 8 heteroatoms. The summed E-state index contributed by atoms with van der Waals surface area (Å²) in [5.41, 5.74) is 5.97. The van der Waals surface area contributed by atoms with Crippen molar-refractivity contribution in [1.29, 1.82) is 0 Å². The van der Waals surface area contributed by atoms with Crippen molar-refractivity contribution in [3.8, 4) is 0 Å². The fourth-order valence-electron chi connectivity index (χ4n) is 2.93. The fourth-order valence-corrected chi connectivity index (χ4v) is 3.19. The lowest BCUT2D eigenvalue weighted by Gasteiger charge is -2.30. The monoisotopic (exact) mass is 399 g/mol. The summed E-state index contributed by atoms with van der Waals surface area (Å²) < 4.78 is 14.2. The highest BCUT2D eigenvalue weighted by Crippen LogP contribution is 2.34. The average Bonchev–Trinajstić information content (AvgIpc) is 2.85. The number of benzene rings is 1. The lowest BCUT2D eigenvalue weighted by Crippen LogP contribution is -2.41. The zero-order valence-electron chi connectivity index (χ0n) is 14.1. The van der Waals surface area contributed by atoms with Crippen molar-refractivity contribution in [1.82, 2.24) is 9.80 Å². The van der Waals surface area contributed by atoms with Crippen LogP contribution in [-0.4, -0.2) is 49.4 Å². The number of carbonyl (C=O) groups excluding carboxylic acids is 1. The number of hydrogen-bond donors (Lipinski definition) is 1. The van der Waals surface area contributed by atoms with E-state index in [1.54, 1.807) is 36.0 Å². The summed E-state index contributed by atoms with van der Waals surface area (Å²) in [4.78, 5) is 16.4. The molecule has 1 amide bonds. The van der Waals surface area contributed by atoms with Crippen LogP contribution in [0.3, 0.4) is 0 Å². The molecule has 1 aromatic rings. The molecule has 0 radical (unpaired) electrons. The molecule has 1 saturated heterocycles. The molecule has 2 rings (SSSR count). The van der Waals surface area contributed by atoms with Crippen LogP contribution in [0.1, 0.15) is 24.9 Å². The van der Waals surface area contributed by atoms with Crippen molar-refractivity contribution in [2.45, 2.75) is 19.4 Å². The van der Waals surface area contributed by atoms with E-state index in [-0.39, 0.29) is 46.7 Å². The zero-order chi connectivity index (χ0) is 16.5. The third kappa shape index (κ3) is 4.73. The Kier molecular flexibility index (Phi) is 8.98. The maximum atomic E-state index is 14.2. The normalized spacial score (nSPS) is 21.2. The molecule has 1 aliphatic rings. The van der Waals surface area contributed by atoms with Crippen LogP contribution in [0.4, 0.5) is 4.39 Å². The Hall–Kier alpha value is -0.590. The first-order valence-electron chi connectivity index (χ1n) is 7.38. The molecule has 0 bridgehead atoms. The highest BCUT2D eigenvalue weighted by atomic mass is 35.5. The minimum atomic E-state index is -0.728. The minimum Gasteiger partial charge on any atom is -0.340 e. The molecule has 2 atom stereocenters. The van der Waals surface area contributed by atoms with Crippen LogP contribution in [0.2, 0.25) is 5.02 Å². The summed E-state index contributed by atoms with van der Waals surface area (Å²) in [6.45, 7) is 3.84. The van der Waals surface area contributed by atoms with E-state index < -0.39 is 11.9 Å². The van der Waals surface area contributed by atoms with Gasteiger partial charge in [0.15, 0.2) is 0 Å². The average molecular weight is 401 g/mol. The van der Waals surface area contributed by atoms with Crippen LogP contribution in [0.25, 0.3) is 0 Å². The van der Waals surface area contributed by atoms with Gasteiger partial charge in [-0.15, -0.1) is 24.8 Å². The highest BCUT2D eigenvalue weighted by molar-refractivity contribution is 6.31. The Balaban J connectivity index is 0.00000264. The maximum absolute atomic E-state index is 14.2. The van der Waals surface area contributed by atoms with E-state index in [2.05, 4.69) is 6.92 Å². The Labute approximate surface area is 160 Å². The van der Waals surface area contributed by atoms with Gasteiger partial charge in [-0.25, -0.2) is 4.39 Å². The van der Waals surface area contributed by atoms with E-state index in [4.69, 9.17) is 17.3 Å². The molecule has 4 nitrogen and oxygen atoms in total. The summed E-state index contributed by atoms with van der Waals surface area (Å²) >= 11 is 6.15. The first-order valence-corrected chi connectivity index (χ1v) is 7.76. The predicted molar refractivity (Wildman–Crippen MR) is 101 cm³/mol. The van der Waals surface area contributed by atoms with Gasteiger partial charge in [-0.2, -0.15) is 0 Å². The van der Waals surface area contributed by atoms with Crippen LogP contribution in [0.5, 0.6) is 0 Å². The van der Waals surface area contributed by atoms with Gasteiger partial charge in [0.1, 0.15) is 11.9 Å². The molecule has 2 N–H and O–H groups in total. The molecule has 1 aliphatic heterocycles. The number of rotatable bonds is 4. The SMILES string of the molecule is CN(C)C(C(=O)N1CCC(C)(CN)C1)c1c(F)cccc1Cl.Cl.Cl. The molecule has 0 spiro atoms. The maximum Gasteiger partial charge on any atom is 0.244 e. The van der Waals surface area contributed by atoms with Crippen LogP contribution < -0.4 is 5.73 Å². The molecule has 0 saturated carbocycles. The molecular weight excluding hydrogens is 376 g/mol. The minimum absolute atomic E-state index is 0. The van der Waals surface area contributed by atoms with Crippen molar-refractivity contribution < 1.29 is 9.18 Å². The number of halogens is 4. The van der Waals surface area contributed by atoms with Gasteiger partial charge in [-0.05, 0) is 44.6 Å². The van der Waals surface area contributed by atoms with E-state index in [9.17, 15) is 9.18 Å². The number of hydrogen-bond acceptors (Lipinski definition) is 3. The number of likely N-dealkylation sites (N-methyl/N-ethyl adjacent to an activating group) is 1. The van der Waals surface area contributed by atoms with E-state index >= 15 is 0 Å². The zero-order valence-corrected chi connectivity index (χ0v) is 16.5. The van der Waals surface area contributed by atoms with Crippen molar-refractivity contribution in [2.24, 2.45) is 11.1 Å². The van der Waals surface area contributed by atoms with Crippen LogP contribution in [0, 0.1) is 11.2 Å². The van der Waals surface area contributed by atoms with E-state index in [1.165, 1.54) is 6.07 Å². The smallest absolute Gasteiger partial charge is 0.244 e. The van der Waals surface area contributed by atoms with Crippen molar-refractivity contribution >= 4 is 42.3 Å². The van der Waals surface area contributed by atoms with Gasteiger partial charge >= 0.3 is 0 Å². The highest BCUT2D eigenvalue weighted by Gasteiger charge is 2.39. The largest absolute Gasteiger partial charge is 0.340 e. The molecular formula is C16H25Cl3FN3O. The van der Waals surface area contributed by atoms with Crippen LogP contribution >= 0.6 is 36.4 Å². The summed E-state index contributed by atoms with van der Waals surface area (Å²) in [7, 11) is 3.51. The summed E-state index contributed by atoms with van der Waals surface area (Å²) in [6, 6.07) is 3.75. The number of likely N-dealkylation sites (tertiary alicyclic amines) is 1. The molecule has 138 valence electrons. The lowest BCUT2D eigenvalue weighted by atomic mass is 9.90. The number of carbonyl (C=O) groups is 1. The first kappa shape index (κ1) is 23.4. The summed E-state index contributed by atoms with van der Waals surface area (Å²) in [5.74, 6) is -0.588. The van der Waals surface area contributed by atoms with Gasteiger partial charge in [-0.1, -0.05) is 24.6 Å². The van der Waals surface area contributed by atoms with Crippen molar-refractivity contribution in [3.05, 3.63) is 34.6 Å². The van der Waals surface area contributed by atoms with Gasteiger partial charge < -0.3 is 10.6 Å². The summed E-state index contributed by atoms with van der Waals surface area (Å²) in [6.07, 6.45) is 0.862. The molecule has 1 fully saturated rings. The van der Waals surface area contributed by atoms with Gasteiger partial charge in [0.25, 0.3) is 0 Å². The first-order chi connectivity index (χ1) is 10.3. The number of nitrogens with two attached hydrogens (primary N) is 1. The van der Waals surface area contributed by atoms with E-state index in [0.29, 0.717) is 19.6 Å². The Morgan fingerprint density at radius 3 is 2.54 bits per heavy atom. The van der Waals surface area contributed by atoms with Gasteiger partial charge in [0, 0.05) is 23.7 Å². The summed E-state index contributed by atoms with van der Waals surface area (Å²) in [5, 5.41) is 0.271. The van der Waals surface area contributed by atoms with Gasteiger partial charge in [-0.3, -0.25) is 9.69 Å². The Bertz CT molecular complexity index is 553. The lowest BCUT2D eigenvalue weighted by molar-refractivity contribution is -0.135. The Morgan fingerprint density at radius 2 is 2.08 bits per heavy atom. The van der Waals surface area contributed by atoms with Crippen molar-refractivity contribution in [3.63, 3.8) is 0 Å². The topological polar surface area (TPSA) is 49.6 Å². The predicted octanol–water partition coefficient (Wildman–Crippen LogP) is 3.12. The molecule has 1 heterocycles. The molecule has 0 aromatic heterocycles. The van der Waals surface area contributed by atoms with Crippen LogP contribution in [0.15, 0.2) is 18.2 Å². The van der Waals surface area contributed by atoms with E-state index in [1.807, 2.05) is 0 Å². The molecule has 24 heavy (non-hydrogen) atoms. The molecule has 1 aromatic carbocycles. The second kappa shape index (κ2) is 9.20. The standard InChI is InChI=1S/C16H23ClFN3O.2ClH/c1-16(9-19)7-8-21(10-16)15(22)14(20(2)3)13-11(17)5-4-6-12(13)18;;/h4-6,14H,7-10,19H2,1-3H3;2*1H. The quantitative estimate of drug-likeness (QED) is 0.845.